The van der Waals surface area contributed by atoms with Gasteiger partial charge in [0.25, 0.3) is 5.91 Å². The molecule has 1 aromatic carbocycles. The van der Waals surface area contributed by atoms with E-state index < -0.39 is 0 Å². The Morgan fingerprint density at radius 3 is 2.69 bits per heavy atom. The van der Waals surface area contributed by atoms with Gasteiger partial charge in [-0.1, -0.05) is 6.92 Å². The zero-order valence-corrected chi connectivity index (χ0v) is 16.0. The molecule has 142 valence electrons. The van der Waals surface area contributed by atoms with Crippen molar-refractivity contribution in [2.75, 3.05) is 33.0 Å². The Morgan fingerprint density at radius 1 is 1.23 bits per heavy atom. The van der Waals surface area contributed by atoms with Gasteiger partial charge in [0, 0.05) is 17.5 Å². The summed E-state index contributed by atoms with van der Waals surface area (Å²) < 4.78 is 23.0. The maximum atomic E-state index is 13.1. The Balaban J connectivity index is 2.05. The second-order valence-corrected chi connectivity index (χ2v) is 6.33. The lowest BCUT2D eigenvalue weighted by Gasteiger charge is -2.34. The first-order valence-electron chi connectivity index (χ1n) is 9.32. The number of nitrogens with zero attached hydrogens (tertiary/aromatic N) is 1. The first-order chi connectivity index (χ1) is 12.6. The van der Waals surface area contributed by atoms with Gasteiger partial charge in [-0.3, -0.25) is 4.79 Å². The molecule has 1 aliphatic heterocycles. The van der Waals surface area contributed by atoms with E-state index in [0.717, 1.165) is 17.4 Å². The van der Waals surface area contributed by atoms with Gasteiger partial charge in [-0.05, 0) is 39.3 Å². The number of rotatable bonds is 6. The molecule has 0 unspecified atom stereocenters. The van der Waals surface area contributed by atoms with E-state index >= 15 is 0 Å². The number of carbonyl (C=O) groups is 1. The lowest BCUT2D eigenvalue weighted by atomic mass is 10.1. The fourth-order valence-corrected chi connectivity index (χ4v) is 3.39. The molecule has 0 aliphatic carbocycles. The summed E-state index contributed by atoms with van der Waals surface area (Å²) in [6.07, 6.45) is 0.851. The molecule has 1 aliphatic rings. The standard InChI is InChI=1S/C20H27NO5/c1-5-14-12-23-11-10-21(14)20(22)17-13(4)15-8-9-16(24-6-2)19(25-7-3)18(15)26-17/h8-9,14H,5-7,10-12H2,1-4H3/t14-/m0/s1. The number of hydrogen-bond donors (Lipinski definition) is 0. The number of hydrogen-bond acceptors (Lipinski definition) is 5. The van der Waals surface area contributed by atoms with Gasteiger partial charge in [-0.15, -0.1) is 0 Å². The predicted molar refractivity (Wildman–Crippen MR) is 99.2 cm³/mol. The molecule has 0 saturated carbocycles. The third-order valence-electron chi connectivity index (χ3n) is 4.77. The minimum atomic E-state index is -0.0886. The summed E-state index contributed by atoms with van der Waals surface area (Å²) in [6, 6.07) is 3.88. The smallest absolute Gasteiger partial charge is 0.290 e. The molecule has 2 heterocycles. The highest BCUT2D eigenvalue weighted by molar-refractivity contribution is 6.01. The molecule has 0 radical (unpaired) electrons. The number of furan rings is 1. The number of morpholine rings is 1. The largest absolute Gasteiger partial charge is 0.490 e. The topological polar surface area (TPSA) is 61.1 Å². The van der Waals surface area contributed by atoms with Crippen molar-refractivity contribution in [3.63, 3.8) is 0 Å². The molecule has 1 amide bonds. The molecule has 6 heteroatoms. The molecule has 26 heavy (non-hydrogen) atoms. The van der Waals surface area contributed by atoms with Crippen LogP contribution in [0.2, 0.25) is 0 Å². The maximum absolute atomic E-state index is 13.1. The number of benzene rings is 1. The van der Waals surface area contributed by atoms with Gasteiger partial charge >= 0.3 is 0 Å². The third kappa shape index (κ3) is 3.26. The second kappa shape index (κ2) is 7.99. The van der Waals surface area contributed by atoms with E-state index in [0.29, 0.717) is 55.8 Å². The molecule has 0 bridgehead atoms. The molecule has 2 aromatic rings. The van der Waals surface area contributed by atoms with E-state index in [9.17, 15) is 4.79 Å². The van der Waals surface area contributed by atoms with Crippen LogP contribution in [-0.4, -0.2) is 49.8 Å². The summed E-state index contributed by atoms with van der Waals surface area (Å²) in [5.74, 6) is 1.47. The Hall–Kier alpha value is -2.21. The highest BCUT2D eigenvalue weighted by Crippen LogP contribution is 2.40. The summed E-state index contributed by atoms with van der Waals surface area (Å²) in [5, 5.41) is 0.876. The first kappa shape index (κ1) is 18.6. The van der Waals surface area contributed by atoms with Crippen molar-refractivity contribution in [2.45, 2.75) is 40.2 Å². The minimum absolute atomic E-state index is 0.0780. The highest BCUT2D eigenvalue weighted by atomic mass is 16.5. The van der Waals surface area contributed by atoms with Crippen LogP contribution in [0, 0.1) is 6.92 Å². The summed E-state index contributed by atoms with van der Waals surface area (Å²) in [4.78, 5) is 15.0. The van der Waals surface area contributed by atoms with Gasteiger partial charge in [-0.2, -0.15) is 0 Å². The molecule has 0 N–H and O–H groups in total. The number of fused-ring (bicyclic) bond motifs is 1. The summed E-state index contributed by atoms with van der Waals surface area (Å²) >= 11 is 0. The Kier molecular flexibility index (Phi) is 5.71. The number of aryl methyl sites for hydroxylation is 1. The zero-order chi connectivity index (χ0) is 18.7. The van der Waals surface area contributed by atoms with Crippen LogP contribution in [0.15, 0.2) is 16.5 Å². The van der Waals surface area contributed by atoms with E-state index in [1.54, 1.807) is 0 Å². The average molecular weight is 361 g/mol. The van der Waals surface area contributed by atoms with Crippen LogP contribution in [0.5, 0.6) is 11.5 Å². The maximum Gasteiger partial charge on any atom is 0.290 e. The summed E-state index contributed by atoms with van der Waals surface area (Å²) in [6.45, 7) is 10.5. The predicted octanol–water partition coefficient (Wildman–Crippen LogP) is 3.79. The van der Waals surface area contributed by atoms with Gasteiger partial charge in [0.05, 0.1) is 32.5 Å². The summed E-state index contributed by atoms with van der Waals surface area (Å²) in [5.41, 5.74) is 1.40. The normalized spacial score (nSPS) is 17.5. The van der Waals surface area contributed by atoms with Gasteiger partial charge in [0.15, 0.2) is 17.1 Å². The molecular formula is C20H27NO5. The second-order valence-electron chi connectivity index (χ2n) is 6.33. The van der Waals surface area contributed by atoms with E-state index in [1.807, 2.05) is 37.8 Å². The van der Waals surface area contributed by atoms with Crippen LogP contribution < -0.4 is 9.47 Å². The SMILES string of the molecule is CCOc1ccc2c(C)c(C(=O)N3CCOC[C@@H]3CC)oc2c1OCC. The van der Waals surface area contributed by atoms with Crippen molar-refractivity contribution in [2.24, 2.45) is 0 Å². The van der Waals surface area contributed by atoms with Crippen LogP contribution in [-0.2, 0) is 4.74 Å². The quantitative estimate of drug-likeness (QED) is 0.783. The van der Waals surface area contributed by atoms with Gasteiger partial charge in [-0.25, -0.2) is 0 Å². The van der Waals surface area contributed by atoms with E-state index in [4.69, 9.17) is 18.6 Å². The zero-order valence-electron chi connectivity index (χ0n) is 16.0. The van der Waals surface area contributed by atoms with Crippen LogP contribution in [0.3, 0.4) is 0 Å². The monoisotopic (exact) mass is 361 g/mol. The molecule has 6 nitrogen and oxygen atoms in total. The fraction of sp³-hybridized carbons (Fsp3) is 0.550. The number of carbonyl (C=O) groups excluding carboxylic acids is 1. The lowest BCUT2D eigenvalue weighted by molar-refractivity contribution is -0.00429. The highest BCUT2D eigenvalue weighted by Gasteiger charge is 2.31. The van der Waals surface area contributed by atoms with Crippen LogP contribution in [0.1, 0.15) is 43.3 Å². The summed E-state index contributed by atoms with van der Waals surface area (Å²) in [7, 11) is 0. The molecule has 0 spiro atoms. The van der Waals surface area contributed by atoms with Crippen LogP contribution >= 0.6 is 0 Å². The van der Waals surface area contributed by atoms with Gasteiger partial charge in [0.2, 0.25) is 5.75 Å². The molecular weight excluding hydrogens is 334 g/mol. The first-order valence-corrected chi connectivity index (χ1v) is 9.32. The molecule has 3 rings (SSSR count). The Labute approximate surface area is 154 Å². The number of ether oxygens (including phenoxy) is 3. The van der Waals surface area contributed by atoms with E-state index in [-0.39, 0.29) is 11.9 Å². The molecule has 1 saturated heterocycles. The van der Waals surface area contributed by atoms with Gasteiger partial charge in [0.1, 0.15) is 0 Å². The minimum Gasteiger partial charge on any atom is -0.490 e. The Morgan fingerprint density at radius 2 is 2.00 bits per heavy atom. The number of amides is 1. The third-order valence-corrected chi connectivity index (χ3v) is 4.77. The van der Waals surface area contributed by atoms with Crippen molar-refractivity contribution in [1.82, 2.24) is 4.90 Å². The molecule has 1 aromatic heterocycles. The Bertz CT molecular complexity index is 782. The van der Waals surface area contributed by atoms with E-state index in [1.165, 1.54) is 0 Å². The van der Waals surface area contributed by atoms with Crippen molar-refractivity contribution in [1.29, 1.82) is 0 Å². The van der Waals surface area contributed by atoms with Crippen molar-refractivity contribution in [3.05, 3.63) is 23.5 Å². The van der Waals surface area contributed by atoms with Crippen LogP contribution in [0.4, 0.5) is 0 Å². The lowest BCUT2D eigenvalue weighted by Crippen LogP contribution is -2.48. The van der Waals surface area contributed by atoms with E-state index in [2.05, 4.69) is 6.92 Å². The average Bonchev–Trinajstić information content (AvgIpc) is 3.00. The van der Waals surface area contributed by atoms with Gasteiger partial charge < -0.3 is 23.5 Å². The molecule has 1 fully saturated rings. The molecule has 1 atom stereocenters. The van der Waals surface area contributed by atoms with Crippen molar-refractivity contribution in [3.8, 4) is 11.5 Å². The fourth-order valence-electron chi connectivity index (χ4n) is 3.39. The van der Waals surface area contributed by atoms with Crippen LogP contribution in [0.25, 0.3) is 11.0 Å². The van der Waals surface area contributed by atoms with Crippen molar-refractivity contribution >= 4 is 16.9 Å². The van der Waals surface area contributed by atoms with Crippen molar-refractivity contribution < 1.29 is 23.4 Å².